The zero-order chi connectivity index (χ0) is 20.9. The van der Waals surface area contributed by atoms with Crippen LogP contribution in [0.5, 0.6) is 0 Å². The van der Waals surface area contributed by atoms with Crippen LogP contribution in [-0.2, 0) is 14.8 Å². The Morgan fingerprint density at radius 1 is 1.21 bits per heavy atom. The van der Waals surface area contributed by atoms with Gasteiger partial charge in [-0.05, 0) is 37.3 Å². The summed E-state index contributed by atoms with van der Waals surface area (Å²) in [6.45, 7) is 4.19. The lowest BCUT2D eigenvalue weighted by atomic mass is 10.2. The Hall–Kier alpha value is -2.55. The molecular formula is C19H18ClFN2O4S. The zero-order valence-corrected chi connectivity index (χ0v) is 16.6. The average Bonchev–Trinajstić information content (AvgIpc) is 2.63. The highest BCUT2D eigenvalue weighted by Crippen LogP contribution is 2.20. The molecule has 0 atom stereocenters. The highest BCUT2D eigenvalue weighted by molar-refractivity contribution is 7.89. The van der Waals surface area contributed by atoms with Crippen LogP contribution in [0.3, 0.4) is 0 Å². The van der Waals surface area contributed by atoms with E-state index in [1.165, 1.54) is 49.4 Å². The van der Waals surface area contributed by atoms with E-state index < -0.39 is 28.3 Å². The van der Waals surface area contributed by atoms with E-state index in [1.54, 1.807) is 0 Å². The molecule has 0 bridgehead atoms. The van der Waals surface area contributed by atoms with Crippen molar-refractivity contribution in [2.45, 2.75) is 11.8 Å². The topological polar surface area (TPSA) is 83.6 Å². The summed E-state index contributed by atoms with van der Waals surface area (Å²) in [4.78, 5) is 23.5. The van der Waals surface area contributed by atoms with Gasteiger partial charge in [0.25, 0.3) is 0 Å². The van der Waals surface area contributed by atoms with Crippen LogP contribution in [0.4, 0.5) is 10.1 Å². The first-order valence-corrected chi connectivity index (χ1v) is 9.94. The molecule has 2 rings (SSSR count). The predicted molar refractivity (Wildman–Crippen MR) is 105 cm³/mol. The largest absolute Gasteiger partial charge is 0.322 e. The summed E-state index contributed by atoms with van der Waals surface area (Å²) in [5, 5.41) is 2.48. The second-order valence-electron chi connectivity index (χ2n) is 5.84. The highest BCUT2D eigenvalue weighted by Gasteiger charge is 2.26. The molecule has 0 unspecified atom stereocenters. The molecule has 28 heavy (non-hydrogen) atoms. The van der Waals surface area contributed by atoms with Crippen LogP contribution in [-0.4, -0.2) is 37.5 Å². The van der Waals surface area contributed by atoms with Gasteiger partial charge in [-0.15, -0.1) is 6.58 Å². The monoisotopic (exact) mass is 424 g/mol. The molecule has 0 aliphatic carbocycles. The molecule has 1 N–H and O–H groups in total. The third-order valence-electron chi connectivity index (χ3n) is 3.76. The van der Waals surface area contributed by atoms with Crippen molar-refractivity contribution in [3.8, 4) is 0 Å². The second-order valence-corrected chi connectivity index (χ2v) is 8.21. The average molecular weight is 425 g/mol. The molecule has 0 saturated carbocycles. The van der Waals surface area contributed by atoms with Crippen LogP contribution in [0, 0.1) is 5.82 Å². The third-order valence-corrected chi connectivity index (χ3v) is 5.82. The van der Waals surface area contributed by atoms with Crippen molar-refractivity contribution in [2.75, 3.05) is 18.4 Å². The van der Waals surface area contributed by atoms with Crippen molar-refractivity contribution < 1.29 is 22.4 Å². The summed E-state index contributed by atoms with van der Waals surface area (Å²) >= 11 is 5.66. The van der Waals surface area contributed by atoms with Crippen molar-refractivity contribution >= 4 is 39.0 Å². The van der Waals surface area contributed by atoms with Crippen molar-refractivity contribution in [3.05, 3.63) is 71.5 Å². The molecule has 0 aliphatic heterocycles. The Morgan fingerprint density at radius 2 is 1.86 bits per heavy atom. The van der Waals surface area contributed by atoms with E-state index >= 15 is 0 Å². The Balaban J connectivity index is 2.21. The molecule has 0 saturated heterocycles. The van der Waals surface area contributed by atoms with E-state index in [0.717, 1.165) is 10.4 Å². The van der Waals surface area contributed by atoms with Gasteiger partial charge in [-0.1, -0.05) is 29.8 Å². The number of benzene rings is 2. The van der Waals surface area contributed by atoms with Crippen LogP contribution in [0.1, 0.15) is 17.3 Å². The van der Waals surface area contributed by atoms with Crippen LogP contribution in [0.2, 0.25) is 5.02 Å². The van der Waals surface area contributed by atoms with E-state index in [2.05, 4.69) is 11.9 Å². The first-order valence-electron chi connectivity index (χ1n) is 8.12. The molecule has 0 radical (unpaired) electrons. The van der Waals surface area contributed by atoms with Gasteiger partial charge in [0.05, 0.1) is 17.1 Å². The first kappa shape index (κ1) is 21.7. The lowest BCUT2D eigenvalue weighted by Gasteiger charge is -2.20. The van der Waals surface area contributed by atoms with Gasteiger partial charge in [-0.3, -0.25) is 9.59 Å². The number of carbonyl (C=O) groups excluding carboxylic acids is 2. The summed E-state index contributed by atoms with van der Waals surface area (Å²) in [5.74, 6) is -1.66. The maximum Gasteiger partial charge on any atom is 0.243 e. The van der Waals surface area contributed by atoms with Gasteiger partial charge in [-0.2, -0.15) is 4.31 Å². The number of amides is 1. The normalized spacial score (nSPS) is 11.3. The Morgan fingerprint density at radius 3 is 2.39 bits per heavy atom. The molecular weight excluding hydrogens is 407 g/mol. The van der Waals surface area contributed by atoms with Gasteiger partial charge >= 0.3 is 0 Å². The van der Waals surface area contributed by atoms with Gasteiger partial charge in [-0.25, -0.2) is 12.8 Å². The van der Waals surface area contributed by atoms with E-state index in [-0.39, 0.29) is 27.9 Å². The van der Waals surface area contributed by atoms with Gasteiger partial charge in [0.1, 0.15) is 5.82 Å². The quantitative estimate of drug-likeness (QED) is 0.519. The van der Waals surface area contributed by atoms with Gasteiger partial charge in [0.15, 0.2) is 5.78 Å². The molecule has 2 aromatic carbocycles. The number of carbonyl (C=O) groups is 2. The number of anilines is 1. The molecule has 9 heteroatoms. The number of halogens is 2. The number of nitrogens with one attached hydrogen (secondary N) is 1. The number of sulfonamides is 1. The molecule has 148 valence electrons. The van der Waals surface area contributed by atoms with Crippen molar-refractivity contribution in [3.63, 3.8) is 0 Å². The Bertz CT molecular complexity index is 1010. The lowest BCUT2D eigenvalue weighted by Crippen LogP contribution is -2.38. The second kappa shape index (κ2) is 9.09. The van der Waals surface area contributed by atoms with Crippen LogP contribution in [0.15, 0.2) is 60.0 Å². The summed E-state index contributed by atoms with van der Waals surface area (Å²) in [7, 11) is -4.03. The highest BCUT2D eigenvalue weighted by atomic mass is 35.5. The number of rotatable bonds is 8. The van der Waals surface area contributed by atoms with Crippen LogP contribution < -0.4 is 5.32 Å². The molecule has 0 aromatic heterocycles. The smallest absolute Gasteiger partial charge is 0.243 e. The Kier molecular flexibility index (Phi) is 7.06. The molecule has 0 spiro atoms. The maximum absolute atomic E-state index is 13.8. The standard InChI is InChI=1S/C19H18ClFN2O4S/c1-3-10-23(12-19(25)22-18-9-6-15(20)11-17(18)21)28(26,27)16-7-4-14(5-8-16)13(2)24/h3-9,11H,1,10,12H2,2H3,(H,22,25). The minimum atomic E-state index is -4.03. The van der Waals surface area contributed by atoms with E-state index in [0.29, 0.717) is 5.56 Å². The van der Waals surface area contributed by atoms with Crippen molar-refractivity contribution in [1.29, 1.82) is 0 Å². The van der Waals surface area contributed by atoms with Crippen molar-refractivity contribution in [2.24, 2.45) is 0 Å². The molecule has 0 fully saturated rings. The van der Waals surface area contributed by atoms with Crippen LogP contribution >= 0.6 is 11.6 Å². The fourth-order valence-corrected chi connectivity index (χ4v) is 3.87. The summed E-state index contributed by atoms with van der Waals surface area (Å²) in [5.41, 5.74) is 0.251. The molecule has 2 aromatic rings. The molecule has 1 amide bonds. The van der Waals surface area contributed by atoms with E-state index in [1.807, 2.05) is 0 Å². The fraction of sp³-hybridized carbons (Fsp3) is 0.158. The zero-order valence-electron chi connectivity index (χ0n) is 15.0. The number of hydrogen-bond donors (Lipinski definition) is 1. The third kappa shape index (κ3) is 5.25. The van der Waals surface area contributed by atoms with Gasteiger partial charge in [0, 0.05) is 17.1 Å². The number of ketones is 1. The number of hydrogen-bond acceptors (Lipinski definition) is 4. The maximum atomic E-state index is 13.8. The number of Topliss-reactive ketones (excluding diaryl/α,β-unsaturated/α-hetero) is 1. The minimum absolute atomic E-state index is 0.0789. The first-order chi connectivity index (χ1) is 13.1. The predicted octanol–water partition coefficient (Wildman–Crippen LogP) is 3.50. The fourth-order valence-electron chi connectivity index (χ4n) is 2.34. The molecule has 6 nitrogen and oxygen atoms in total. The van der Waals surface area contributed by atoms with Gasteiger partial charge in [0.2, 0.25) is 15.9 Å². The van der Waals surface area contributed by atoms with Crippen molar-refractivity contribution in [1.82, 2.24) is 4.31 Å². The molecule has 0 heterocycles. The van der Waals surface area contributed by atoms with E-state index in [9.17, 15) is 22.4 Å². The molecule has 0 aliphatic rings. The SMILES string of the molecule is C=CCN(CC(=O)Nc1ccc(Cl)cc1F)S(=O)(=O)c1ccc(C(C)=O)cc1. The summed E-state index contributed by atoms with van der Waals surface area (Å²) < 4.78 is 40.4. The minimum Gasteiger partial charge on any atom is -0.322 e. The summed E-state index contributed by atoms with van der Waals surface area (Å²) in [6, 6.07) is 9.08. The van der Waals surface area contributed by atoms with Gasteiger partial charge < -0.3 is 5.32 Å². The van der Waals surface area contributed by atoms with E-state index in [4.69, 9.17) is 11.6 Å². The number of nitrogens with zero attached hydrogens (tertiary/aromatic N) is 1. The lowest BCUT2D eigenvalue weighted by molar-refractivity contribution is -0.116. The van der Waals surface area contributed by atoms with Crippen LogP contribution in [0.25, 0.3) is 0 Å². The Labute approximate surface area is 167 Å². The summed E-state index contributed by atoms with van der Waals surface area (Å²) in [6.07, 6.45) is 1.33.